The Kier molecular flexibility index (Phi) is 6.53. The molecule has 0 atom stereocenters. The number of carbonyl (C=O) groups excluding carboxylic acids is 2. The average molecular weight is 354 g/mol. The van der Waals surface area contributed by atoms with Gasteiger partial charge in [0.25, 0.3) is 0 Å². The van der Waals surface area contributed by atoms with Gasteiger partial charge in [0.1, 0.15) is 5.00 Å². The summed E-state index contributed by atoms with van der Waals surface area (Å²) in [4.78, 5) is 25.2. The molecule has 1 aromatic heterocycles. The van der Waals surface area contributed by atoms with E-state index in [-0.39, 0.29) is 17.0 Å². The third-order valence-electron chi connectivity index (χ3n) is 3.61. The molecule has 1 amide bonds. The van der Waals surface area contributed by atoms with Crippen molar-refractivity contribution >= 4 is 45.5 Å². The first-order valence-corrected chi connectivity index (χ1v) is 9.21. The number of fused-ring (bicyclic) bond motifs is 1. The predicted molar refractivity (Wildman–Crippen MR) is 96.2 cm³/mol. The molecule has 1 aromatic rings. The highest BCUT2D eigenvalue weighted by molar-refractivity contribution is 7.80. The smallest absolute Gasteiger partial charge is 0.341 e. The summed E-state index contributed by atoms with van der Waals surface area (Å²) >= 11 is 6.72. The average Bonchev–Trinajstić information content (AvgIpc) is 2.85. The van der Waals surface area contributed by atoms with E-state index in [4.69, 9.17) is 17.0 Å². The Morgan fingerprint density at radius 1 is 1.26 bits per heavy atom. The molecular weight excluding hydrogens is 332 g/mol. The minimum Gasteiger partial charge on any atom is -0.462 e. The summed E-state index contributed by atoms with van der Waals surface area (Å²) in [6, 6.07) is 0. The molecule has 0 unspecified atom stereocenters. The van der Waals surface area contributed by atoms with Crippen LogP contribution in [-0.4, -0.2) is 23.6 Å². The second-order valence-electron chi connectivity index (χ2n) is 5.39. The first kappa shape index (κ1) is 17.9. The fourth-order valence-electron chi connectivity index (χ4n) is 2.62. The van der Waals surface area contributed by atoms with E-state index in [9.17, 15) is 9.59 Å². The van der Waals surface area contributed by atoms with Crippen LogP contribution in [0.5, 0.6) is 0 Å². The summed E-state index contributed by atoms with van der Waals surface area (Å²) in [5, 5.41) is 6.56. The summed E-state index contributed by atoms with van der Waals surface area (Å²) in [5.74, 6) is -0.443. The quantitative estimate of drug-likeness (QED) is 0.626. The summed E-state index contributed by atoms with van der Waals surface area (Å²) in [5.41, 5.74) is 1.66. The highest BCUT2D eigenvalue weighted by atomic mass is 32.1. The van der Waals surface area contributed by atoms with Crippen LogP contribution in [0, 0.1) is 0 Å². The van der Waals surface area contributed by atoms with Crippen molar-refractivity contribution in [2.24, 2.45) is 0 Å². The van der Waals surface area contributed by atoms with Crippen molar-refractivity contribution in [1.29, 1.82) is 0 Å². The lowest BCUT2D eigenvalue weighted by atomic mass is 9.95. The van der Waals surface area contributed by atoms with E-state index < -0.39 is 0 Å². The van der Waals surface area contributed by atoms with Gasteiger partial charge in [0.15, 0.2) is 5.11 Å². The molecule has 0 radical (unpaired) electrons. The second-order valence-corrected chi connectivity index (χ2v) is 6.90. The van der Waals surface area contributed by atoms with Crippen molar-refractivity contribution in [3.8, 4) is 0 Å². The van der Waals surface area contributed by atoms with Crippen LogP contribution in [0.3, 0.4) is 0 Å². The maximum Gasteiger partial charge on any atom is 0.341 e. The van der Waals surface area contributed by atoms with Crippen LogP contribution < -0.4 is 10.6 Å². The highest BCUT2D eigenvalue weighted by Gasteiger charge is 2.26. The number of aryl methyl sites for hydroxylation is 1. The Balaban J connectivity index is 2.20. The minimum absolute atomic E-state index is 0.121. The third-order valence-corrected chi connectivity index (χ3v) is 5.02. The van der Waals surface area contributed by atoms with Crippen molar-refractivity contribution in [1.82, 2.24) is 5.32 Å². The lowest BCUT2D eigenvalue weighted by Gasteiger charge is -2.12. The lowest BCUT2D eigenvalue weighted by molar-refractivity contribution is -0.119. The molecule has 7 heteroatoms. The fourth-order valence-corrected chi connectivity index (χ4v) is 4.19. The number of nitrogens with one attached hydrogen (secondary N) is 2. The summed E-state index contributed by atoms with van der Waals surface area (Å²) in [7, 11) is 0. The van der Waals surface area contributed by atoms with Gasteiger partial charge in [0.2, 0.25) is 5.91 Å². The van der Waals surface area contributed by atoms with Gasteiger partial charge in [-0.3, -0.25) is 4.79 Å². The Morgan fingerprint density at radius 2 is 2.00 bits per heavy atom. The molecule has 1 heterocycles. The van der Waals surface area contributed by atoms with Crippen molar-refractivity contribution in [2.45, 2.75) is 52.4 Å². The molecule has 5 nitrogen and oxygen atoms in total. The van der Waals surface area contributed by atoms with Crippen molar-refractivity contribution in [2.75, 3.05) is 11.9 Å². The fraction of sp³-hybridized carbons (Fsp3) is 0.562. The molecule has 23 heavy (non-hydrogen) atoms. The number of ether oxygens (including phenoxy) is 1. The number of carbonyl (C=O) groups is 2. The van der Waals surface area contributed by atoms with E-state index >= 15 is 0 Å². The molecule has 0 spiro atoms. The van der Waals surface area contributed by atoms with Crippen LogP contribution in [0.25, 0.3) is 0 Å². The SMILES string of the molecule is CCCC(=O)NC(=S)Nc1sc2c(c1C(=O)OCC)CCCC2. The number of hydrogen-bond acceptors (Lipinski definition) is 5. The maximum atomic E-state index is 12.3. The Bertz CT molecular complexity index is 611. The maximum absolute atomic E-state index is 12.3. The molecule has 0 aromatic carbocycles. The summed E-state index contributed by atoms with van der Waals surface area (Å²) in [6.45, 7) is 4.06. The Hall–Kier alpha value is -1.47. The monoisotopic (exact) mass is 354 g/mol. The van der Waals surface area contributed by atoms with E-state index in [1.807, 2.05) is 6.92 Å². The van der Waals surface area contributed by atoms with Gasteiger partial charge in [-0.1, -0.05) is 6.92 Å². The van der Waals surface area contributed by atoms with Crippen molar-refractivity contribution in [3.05, 3.63) is 16.0 Å². The zero-order valence-corrected chi connectivity index (χ0v) is 15.1. The summed E-state index contributed by atoms with van der Waals surface area (Å²) < 4.78 is 5.19. The molecule has 1 aliphatic carbocycles. The number of thiocarbonyl (C=S) groups is 1. The van der Waals surface area contributed by atoms with E-state index in [1.54, 1.807) is 6.92 Å². The largest absolute Gasteiger partial charge is 0.462 e. The van der Waals surface area contributed by atoms with E-state index in [2.05, 4.69) is 10.6 Å². The minimum atomic E-state index is -0.322. The zero-order chi connectivity index (χ0) is 16.8. The van der Waals surface area contributed by atoms with Gasteiger partial charge in [0, 0.05) is 11.3 Å². The van der Waals surface area contributed by atoms with E-state index in [0.29, 0.717) is 23.6 Å². The molecule has 0 saturated carbocycles. The number of esters is 1. The van der Waals surface area contributed by atoms with Gasteiger partial charge in [-0.05, 0) is 56.8 Å². The molecule has 2 rings (SSSR count). The van der Waals surface area contributed by atoms with Gasteiger partial charge >= 0.3 is 5.97 Å². The van der Waals surface area contributed by atoms with Gasteiger partial charge in [-0.15, -0.1) is 11.3 Å². The molecule has 126 valence electrons. The van der Waals surface area contributed by atoms with Gasteiger partial charge in [-0.2, -0.15) is 0 Å². The van der Waals surface area contributed by atoms with Gasteiger partial charge in [-0.25, -0.2) is 4.79 Å². The van der Waals surface area contributed by atoms with Crippen LogP contribution in [0.15, 0.2) is 0 Å². The topological polar surface area (TPSA) is 67.4 Å². The number of rotatable bonds is 5. The first-order valence-electron chi connectivity index (χ1n) is 7.99. The molecular formula is C16H22N2O3S2. The molecule has 0 saturated heterocycles. The van der Waals surface area contributed by atoms with E-state index in [0.717, 1.165) is 37.7 Å². The van der Waals surface area contributed by atoms with Crippen LogP contribution in [0.1, 0.15) is 60.3 Å². The second kappa shape index (κ2) is 8.40. The lowest BCUT2D eigenvalue weighted by Crippen LogP contribution is -2.34. The number of thiophene rings is 1. The molecule has 0 aliphatic heterocycles. The van der Waals surface area contributed by atoms with Crippen LogP contribution in [0.4, 0.5) is 5.00 Å². The molecule has 0 bridgehead atoms. The summed E-state index contributed by atoms with van der Waals surface area (Å²) in [6.07, 6.45) is 5.25. The zero-order valence-electron chi connectivity index (χ0n) is 13.5. The van der Waals surface area contributed by atoms with Crippen LogP contribution in [-0.2, 0) is 22.4 Å². The van der Waals surface area contributed by atoms with Crippen LogP contribution in [0.2, 0.25) is 0 Å². The molecule has 2 N–H and O–H groups in total. The van der Waals surface area contributed by atoms with E-state index in [1.165, 1.54) is 16.2 Å². The molecule has 1 aliphatic rings. The molecule has 0 fully saturated rings. The normalized spacial score (nSPS) is 13.1. The van der Waals surface area contributed by atoms with Crippen LogP contribution >= 0.6 is 23.6 Å². The standard InChI is InChI=1S/C16H22N2O3S2/c1-3-7-12(19)17-16(22)18-14-13(15(20)21-4-2)10-8-5-6-9-11(10)23-14/h3-9H2,1-2H3,(H2,17,18,19,22). The third kappa shape index (κ3) is 4.51. The van der Waals surface area contributed by atoms with Crippen molar-refractivity contribution in [3.63, 3.8) is 0 Å². The number of anilines is 1. The van der Waals surface area contributed by atoms with Gasteiger partial charge in [0.05, 0.1) is 12.2 Å². The van der Waals surface area contributed by atoms with Crippen molar-refractivity contribution < 1.29 is 14.3 Å². The first-order chi connectivity index (χ1) is 11.1. The highest BCUT2D eigenvalue weighted by Crippen LogP contribution is 2.38. The number of hydrogen-bond donors (Lipinski definition) is 2. The predicted octanol–water partition coefficient (Wildman–Crippen LogP) is 3.42. The number of amides is 1. The Morgan fingerprint density at radius 3 is 2.70 bits per heavy atom. The van der Waals surface area contributed by atoms with Gasteiger partial charge < -0.3 is 15.4 Å². The Labute approximate surface area is 145 Å².